The molecule has 2 heterocycles. The zero-order valence-corrected chi connectivity index (χ0v) is 27.8. The van der Waals surface area contributed by atoms with E-state index in [0.717, 1.165) is 43.4 Å². The van der Waals surface area contributed by atoms with Crippen molar-refractivity contribution in [3.63, 3.8) is 0 Å². The number of hydrogen-bond acceptors (Lipinski definition) is 6. The first-order valence-corrected chi connectivity index (χ1v) is 16.8. The van der Waals surface area contributed by atoms with E-state index < -0.39 is 17.3 Å². The average Bonchev–Trinajstić information content (AvgIpc) is 3.85. The highest BCUT2D eigenvalue weighted by atomic mass is 35.5. The lowest BCUT2D eigenvalue weighted by molar-refractivity contribution is -0.137. The molecule has 48 heavy (non-hydrogen) atoms. The maximum Gasteiger partial charge on any atom is 0.416 e. The van der Waals surface area contributed by atoms with E-state index >= 15 is 0 Å². The number of carbonyl (C=O) groups is 1. The van der Waals surface area contributed by atoms with E-state index in [9.17, 15) is 23.1 Å². The Morgan fingerprint density at radius 3 is 2.46 bits per heavy atom. The van der Waals surface area contributed by atoms with Crippen LogP contribution in [0.4, 0.5) is 13.2 Å². The number of pyridine rings is 1. The van der Waals surface area contributed by atoms with Crippen molar-refractivity contribution in [3.8, 4) is 17.0 Å². The van der Waals surface area contributed by atoms with E-state index in [2.05, 4.69) is 15.5 Å². The SMILES string of the molecule is CC(C)Oc1cc2nc(-c3cccc(C(F)(F)F)c3)c(CN3CCC(NCCO)CC3)c(C(=O)NC3(c4ccccc4)CC3)c2cc1Cl. The van der Waals surface area contributed by atoms with E-state index in [1.54, 1.807) is 18.2 Å². The van der Waals surface area contributed by atoms with Crippen LogP contribution in [-0.2, 0) is 18.3 Å². The lowest BCUT2D eigenvalue weighted by Gasteiger charge is -2.33. The summed E-state index contributed by atoms with van der Waals surface area (Å²) in [5.41, 5.74) is 1.51. The van der Waals surface area contributed by atoms with Gasteiger partial charge in [-0.1, -0.05) is 54.1 Å². The molecule has 1 aliphatic carbocycles. The topological polar surface area (TPSA) is 86.7 Å². The molecule has 1 amide bonds. The molecule has 2 aliphatic rings. The number of piperidine rings is 1. The number of rotatable bonds is 11. The molecule has 3 aromatic carbocycles. The lowest BCUT2D eigenvalue weighted by atomic mass is 9.93. The molecule has 11 heteroatoms. The molecular weight excluding hydrogens is 641 g/mol. The number of aliphatic hydroxyl groups is 1. The minimum atomic E-state index is -4.56. The van der Waals surface area contributed by atoms with E-state index in [1.165, 1.54) is 6.07 Å². The van der Waals surface area contributed by atoms with Gasteiger partial charge >= 0.3 is 6.18 Å². The van der Waals surface area contributed by atoms with Crippen molar-refractivity contribution in [2.24, 2.45) is 0 Å². The fourth-order valence-electron chi connectivity index (χ4n) is 6.58. The van der Waals surface area contributed by atoms with Gasteiger partial charge in [0.2, 0.25) is 0 Å². The zero-order chi connectivity index (χ0) is 34.1. The van der Waals surface area contributed by atoms with Crippen molar-refractivity contribution in [1.29, 1.82) is 0 Å². The first kappa shape index (κ1) is 34.2. The van der Waals surface area contributed by atoms with Crippen LogP contribution in [0.5, 0.6) is 5.75 Å². The number of nitrogens with zero attached hydrogens (tertiary/aromatic N) is 2. The number of likely N-dealkylation sites (tertiary alicyclic amines) is 1. The molecule has 0 atom stereocenters. The Kier molecular flexibility index (Phi) is 9.99. The standard InChI is InChI=1S/C37H40ClF3N4O3/c1-23(2)48-32-21-31-28(20-30(32)38)33(35(47)44-36(13-14-36)25-8-4-3-5-9-25)29(22-45-16-11-27(12-17-45)42-15-18-46)34(43-31)24-7-6-10-26(19-24)37(39,40)41/h3-10,19-21,23,27,42,46H,11-18,22H2,1-2H3,(H,44,47). The van der Waals surface area contributed by atoms with Crippen molar-refractivity contribution in [2.75, 3.05) is 26.2 Å². The molecular formula is C37H40ClF3N4O3. The smallest absolute Gasteiger partial charge is 0.416 e. The molecule has 0 spiro atoms. The Hall–Kier alpha value is -3.70. The summed E-state index contributed by atoms with van der Waals surface area (Å²) >= 11 is 6.75. The molecule has 0 unspecified atom stereocenters. The molecule has 0 bridgehead atoms. The van der Waals surface area contributed by atoms with Gasteiger partial charge in [-0.05, 0) is 76.4 Å². The summed E-state index contributed by atoms with van der Waals surface area (Å²) in [7, 11) is 0. The largest absolute Gasteiger partial charge is 0.489 e. The van der Waals surface area contributed by atoms with Gasteiger partial charge in [0.1, 0.15) is 5.75 Å². The number of fused-ring (bicyclic) bond motifs is 1. The second-order valence-electron chi connectivity index (χ2n) is 13.0. The van der Waals surface area contributed by atoms with Crippen molar-refractivity contribution in [3.05, 3.63) is 94.0 Å². The van der Waals surface area contributed by atoms with Crippen molar-refractivity contribution < 1.29 is 27.8 Å². The Morgan fingerprint density at radius 2 is 1.81 bits per heavy atom. The molecule has 4 aromatic rings. The predicted octanol–water partition coefficient (Wildman–Crippen LogP) is 7.33. The van der Waals surface area contributed by atoms with Crippen LogP contribution in [0.1, 0.15) is 66.6 Å². The van der Waals surface area contributed by atoms with Crippen LogP contribution >= 0.6 is 11.6 Å². The van der Waals surface area contributed by atoms with Crippen molar-refractivity contribution in [2.45, 2.75) is 69.9 Å². The van der Waals surface area contributed by atoms with Crippen LogP contribution < -0.4 is 15.4 Å². The summed E-state index contributed by atoms with van der Waals surface area (Å²) in [6.07, 6.45) is -1.58. The molecule has 6 rings (SSSR count). The van der Waals surface area contributed by atoms with Gasteiger partial charge in [-0.15, -0.1) is 0 Å². The minimum absolute atomic E-state index is 0.0543. The lowest BCUT2D eigenvalue weighted by Crippen LogP contribution is -2.43. The van der Waals surface area contributed by atoms with Gasteiger partial charge < -0.3 is 20.5 Å². The van der Waals surface area contributed by atoms with Gasteiger partial charge in [0.15, 0.2) is 0 Å². The fourth-order valence-corrected chi connectivity index (χ4v) is 6.79. The molecule has 7 nitrogen and oxygen atoms in total. The Morgan fingerprint density at radius 1 is 1.08 bits per heavy atom. The molecule has 1 saturated carbocycles. The molecule has 1 aliphatic heterocycles. The summed E-state index contributed by atoms with van der Waals surface area (Å²) in [6, 6.07) is 18.5. The van der Waals surface area contributed by atoms with Gasteiger partial charge in [-0.3, -0.25) is 9.69 Å². The number of carbonyl (C=O) groups excluding carboxylic acids is 1. The number of aliphatic hydroxyl groups excluding tert-OH is 1. The number of halogens is 4. The minimum Gasteiger partial charge on any atom is -0.489 e. The van der Waals surface area contributed by atoms with Gasteiger partial charge in [-0.2, -0.15) is 13.2 Å². The van der Waals surface area contributed by atoms with Gasteiger partial charge in [-0.25, -0.2) is 4.98 Å². The first-order chi connectivity index (χ1) is 23.0. The van der Waals surface area contributed by atoms with Crippen LogP contribution in [-0.4, -0.2) is 59.3 Å². The van der Waals surface area contributed by atoms with E-state index in [-0.39, 0.29) is 30.2 Å². The average molecular weight is 681 g/mol. The normalized spacial score (nSPS) is 16.8. The summed E-state index contributed by atoms with van der Waals surface area (Å²) in [5, 5.41) is 16.7. The number of nitrogens with one attached hydrogen (secondary N) is 2. The zero-order valence-electron chi connectivity index (χ0n) is 27.0. The monoisotopic (exact) mass is 680 g/mol. The molecule has 254 valence electrons. The van der Waals surface area contributed by atoms with Crippen molar-refractivity contribution in [1.82, 2.24) is 20.5 Å². The number of benzene rings is 3. The summed E-state index contributed by atoms with van der Waals surface area (Å²) < 4.78 is 47.9. The quantitative estimate of drug-likeness (QED) is 0.154. The highest BCUT2D eigenvalue weighted by molar-refractivity contribution is 6.33. The Labute approximate surface area is 283 Å². The molecule has 1 saturated heterocycles. The molecule has 1 aromatic heterocycles. The highest BCUT2D eigenvalue weighted by Crippen LogP contribution is 2.46. The van der Waals surface area contributed by atoms with Crippen LogP contribution in [0.3, 0.4) is 0 Å². The summed E-state index contributed by atoms with van der Waals surface area (Å²) in [5.74, 6) is 0.0428. The molecule has 0 radical (unpaired) electrons. The molecule has 2 fully saturated rings. The molecule has 3 N–H and O–H groups in total. The van der Waals surface area contributed by atoms with Gasteiger partial charge in [0, 0.05) is 41.7 Å². The number of aromatic nitrogens is 1. The Bertz CT molecular complexity index is 1770. The van der Waals surface area contributed by atoms with E-state index in [0.29, 0.717) is 64.7 Å². The summed E-state index contributed by atoms with van der Waals surface area (Å²) in [4.78, 5) is 21.8. The van der Waals surface area contributed by atoms with Crippen molar-refractivity contribution >= 4 is 28.4 Å². The van der Waals surface area contributed by atoms with Gasteiger partial charge in [0.05, 0.1) is 45.6 Å². The number of amides is 1. The second kappa shape index (κ2) is 14.0. The number of alkyl halides is 3. The third kappa shape index (κ3) is 7.47. The Balaban J connectivity index is 1.52. The summed E-state index contributed by atoms with van der Waals surface area (Å²) in [6.45, 7) is 5.98. The highest BCUT2D eigenvalue weighted by Gasteiger charge is 2.46. The van der Waals surface area contributed by atoms with Gasteiger partial charge in [0.25, 0.3) is 5.91 Å². The van der Waals surface area contributed by atoms with Crippen LogP contribution in [0.15, 0.2) is 66.7 Å². The van der Waals surface area contributed by atoms with Crippen LogP contribution in [0.2, 0.25) is 5.02 Å². The second-order valence-corrected chi connectivity index (χ2v) is 13.4. The van der Waals surface area contributed by atoms with E-state index in [1.807, 2.05) is 44.2 Å². The van der Waals surface area contributed by atoms with Crippen LogP contribution in [0, 0.1) is 0 Å². The fraction of sp³-hybridized carbons (Fsp3) is 0.405. The third-order valence-corrected chi connectivity index (χ3v) is 9.43. The maximum atomic E-state index is 14.7. The number of ether oxygens (including phenoxy) is 1. The first-order valence-electron chi connectivity index (χ1n) is 16.4. The number of hydrogen-bond donors (Lipinski definition) is 3. The predicted molar refractivity (Wildman–Crippen MR) is 181 cm³/mol. The van der Waals surface area contributed by atoms with E-state index in [4.69, 9.17) is 21.3 Å². The maximum absolute atomic E-state index is 14.7. The van der Waals surface area contributed by atoms with Crippen LogP contribution in [0.25, 0.3) is 22.2 Å². The third-order valence-electron chi connectivity index (χ3n) is 9.14.